The Morgan fingerprint density at radius 1 is 0.432 bits per heavy atom. The Labute approximate surface area is 791 Å². The fraction of sp³-hybridized carbons (Fsp3) is 0.446. The van der Waals surface area contributed by atoms with Crippen LogP contribution in [0.15, 0.2) is 223 Å². The molecule has 7 aliphatic heterocycles. The van der Waals surface area contributed by atoms with E-state index in [2.05, 4.69) is 218 Å². The number of imide groups is 2. The maximum Gasteiger partial charge on any atom is 0.350 e. The van der Waals surface area contributed by atoms with Gasteiger partial charge in [-0.05, 0) is 205 Å². The number of benzene rings is 7. The van der Waals surface area contributed by atoms with Gasteiger partial charge in [0.15, 0.2) is 0 Å². The average Bonchev–Trinajstić information content (AvgIpc) is 1.66. The summed E-state index contributed by atoms with van der Waals surface area (Å²) in [5.74, 6) is 2.96. The monoisotopic (exact) mass is 1840 g/mol. The van der Waals surface area contributed by atoms with Gasteiger partial charge in [-0.1, -0.05) is 131 Å². The number of amides is 4. The number of nitrogens with zero attached hydrogens (tertiary/aromatic N) is 22. The van der Waals surface area contributed by atoms with Crippen LogP contribution in [0.4, 0.5) is 34.4 Å². The first-order valence-electron chi connectivity index (χ1n) is 46.0. The molecule has 6 fully saturated rings. The normalized spacial score (nSPS) is 18.0. The summed E-state index contributed by atoms with van der Waals surface area (Å²) in [7, 11) is 20.8. The van der Waals surface area contributed by atoms with Crippen molar-refractivity contribution >= 4 is 81.2 Å². The molecule has 0 bridgehead atoms. The van der Waals surface area contributed by atoms with Crippen LogP contribution in [0.25, 0.3) is 11.4 Å². The van der Waals surface area contributed by atoms with Gasteiger partial charge in [-0.2, -0.15) is 10.2 Å². The second kappa shape index (κ2) is 52.4. The number of hydrogen-bond donors (Lipinski definition) is 1. The van der Waals surface area contributed by atoms with E-state index in [0.717, 1.165) is 141 Å². The number of aromatic nitrogens is 11. The van der Waals surface area contributed by atoms with E-state index in [9.17, 15) is 28.8 Å². The molecule has 4 aromatic heterocycles. The summed E-state index contributed by atoms with van der Waals surface area (Å²) >= 11 is 11.7. The second-order valence-corrected chi connectivity index (χ2v) is 35.2. The van der Waals surface area contributed by atoms with Crippen LogP contribution in [0.1, 0.15) is 105 Å². The van der Waals surface area contributed by atoms with Gasteiger partial charge in [0.1, 0.15) is 12.7 Å². The molecule has 132 heavy (non-hydrogen) atoms. The Morgan fingerprint density at radius 2 is 0.826 bits per heavy atom. The summed E-state index contributed by atoms with van der Waals surface area (Å²) in [5, 5.41) is 16.2. The fourth-order valence-corrected chi connectivity index (χ4v) is 16.6. The van der Waals surface area contributed by atoms with Crippen molar-refractivity contribution in [3.05, 3.63) is 272 Å². The van der Waals surface area contributed by atoms with Crippen molar-refractivity contribution in [2.75, 3.05) is 190 Å². The number of carbonyl (C=O) groups excluding carboxylic acids is 4. The van der Waals surface area contributed by atoms with Crippen LogP contribution in [-0.2, 0) is 50.6 Å². The van der Waals surface area contributed by atoms with Crippen molar-refractivity contribution in [1.82, 2.24) is 77.8 Å². The van der Waals surface area contributed by atoms with Gasteiger partial charge < -0.3 is 49.4 Å². The Morgan fingerprint density at radius 3 is 1.20 bits per heavy atom. The zero-order valence-corrected chi connectivity index (χ0v) is 82.3. The van der Waals surface area contributed by atoms with E-state index in [-0.39, 0.29) is 35.0 Å². The quantitative estimate of drug-likeness (QED) is 0.0934. The molecule has 7 aliphatic rings. The molecule has 11 heterocycles. The van der Waals surface area contributed by atoms with Crippen molar-refractivity contribution in [2.24, 2.45) is 45.9 Å². The summed E-state index contributed by atoms with van der Waals surface area (Å²) in [5.41, 5.74) is 13.0. The van der Waals surface area contributed by atoms with E-state index < -0.39 is 0 Å². The Kier molecular flexibility index (Phi) is 41.2. The highest BCUT2D eigenvalue weighted by Crippen LogP contribution is 2.34. The van der Waals surface area contributed by atoms with Crippen LogP contribution >= 0.6 is 23.2 Å². The number of nitrogens with one attached hydrogen (secondary N) is 1. The highest BCUT2D eigenvalue weighted by Gasteiger charge is 2.35. The lowest BCUT2D eigenvalue weighted by molar-refractivity contribution is -0.672. The first-order valence-corrected chi connectivity index (χ1v) is 46.7. The van der Waals surface area contributed by atoms with Crippen molar-refractivity contribution < 1.29 is 23.7 Å². The molecule has 4 unspecified atom stereocenters. The van der Waals surface area contributed by atoms with E-state index in [1.54, 1.807) is 96.9 Å². The number of likely N-dealkylation sites (N-methyl/N-ethyl adjacent to an activating group) is 3. The van der Waals surface area contributed by atoms with Crippen LogP contribution in [0, 0.1) is 24.7 Å². The molecule has 1 N–H and O–H groups in total. The summed E-state index contributed by atoms with van der Waals surface area (Å²) in [6.07, 6.45) is 15.6. The minimum atomic E-state index is -0.212. The van der Waals surface area contributed by atoms with Crippen molar-refractivity contribution in [3.63, 3.8) is 0 Å². The Balaban J connectivity index is 0.000000169. The van der Waals surface area contributed by atoms with Gasteiger partial charge in [0.05, 0.1) is 36.6 Å². The summed E-state index contributed by atoms with van der Waals surface area (Å²) in [4.78, 5) is 99.9. The zero-order valence-electron chi connectivity index (χ0n) is 80.8. The maximum absolute atomic E-state index is 12.0. The highest BCUT2D eigenvalue weighted by molar-refractivity contribution is 6.31. The summed E-state index contributed by atoms with van der Waals surface area (Å²) < 4.78 is 9.23. The number of aryl methyl sites for hydroxylation is 7. The van der Waals surface area contributed by atoms with Crippen LogP contribution < -0.4 is 45.8 Å². The minimum absolute atomic E-state index is 0.0498. The summed E-state index contributed by atoms with van der Waals surface area (Å²) in [6, 6.07) is 58.2. The Hall–Kier alpha value is -11.9. The molecule has 11 aromatic rings. The lowest BCUT2D eigenvalue weighted by Crippen LogP contribution is -2.48. The van der Waals surface area contributed by atoms with Gasteiger partial charge in [0, 0.05) is 221 Å². The van der Waals surface area contributed by atoms with E-state index in [0.29, 0.717) is 29.0 Å². The largest absolute Gasteiger partial charge is 0.388 e. The highest BCUT2D eigenvalue weighted by atomic mass is 35.5. The molecule has 4 atom stereocenters. The molecule has 7 aromatic carbocycles. The summed E-state index contributed by atoms with van der Waals surface area (Å²) in [6.45, 7) is 34.9. The van der Waals surface area contributed by atoms with Gasteiger partial charge in [-0.15, -0.1) is 4.68 Å². The van der Waals surface area contributed by atoms with Gasteiger partial charge in [0.2, 0.25) is 24.1 Å². The number of carbonyl (C=O) groups is 4. The van der Waals surface area contributed by atoms with Crippen LogP contribution in [0.2, 0.25) is 10.0 Å². The van der Waals surface area contributed by atoms with Crippen LogP contribution in [-0.4, -0.2) is 268 Å². The van der Waals surface area contributed by atoms with Crippen molar-refractivity contribution in [2.45, 2.75) is 93.0 Å². The molecule has 29 nitrogen and oxygen atoms in total. The molecular formula is C101H140Cl2N23O6+. The lowest BCUT2D eigenvalue weighted by Gasteiger charge is -2.44. The number of anilines is 6. The minimum Gasteiger partial charge on any atom is -0.388 e. The Bertz CT molecular complexity index is 5340. The number of piperidine rings is 2. The van der Waals surface area contributed by atoms with E-state index >= 15 is 0 Å². The molecule has 6 saturated heterocycles. The maximum atomic E-state index is 12.0. The standard InChI is InChI=1S/C19H20ClN5O.C15H24N2.C12H18N2.C11H23N.C9H8ClN3O.C9H14N4.C9H7NO2.C7H9N.C6H9NO2.C4H8N3/c1-22-19(26)25(14-21-22)18-8-6-17(7-9-18)24-12-10-23(11-13-24)16-4-2-15(20)3-5-16;1-4-13-7-6-8-14(5-2)15(13)17-11-9-16(3)10-12-17;1-11-3-5-12(6-4-11)14-9-7-13(2)8-10-14;1-6-11-10(4)9(3)8(2)7-12(11)5;1-12-9(14)13(6-11-12)8-4-2-7(10)3-5-8;1-12-5-7-13(8-6-12)9-10-3-2-4-11-9;1-10-8(11)6-4-2-3-5-7(6)9(10)12;1-8-7-5-3-2-4-6-7;1-7-5(8)3-2-4-6(7)9;1-6-3-5-7(2)4-6/h2-9,14H,10-13H2,1H3;6-8H,4-5,9-12H2,1-3H3;3-6H,7-10H2,1-2H3;8-11H,6-7H2,1-5H3;2-6H,1H3;2-4H,5-8H2,1H3;2-5H,1H3;2-6,8H,1H3;2-4H2,1H3;3-4H,1-2H3/q;;;;;;;;;+1. The fourth-order valence-electron chi connectivity index (χ4n) is 16.3. The molecule has 0 radical (unpaired) electrons. The molecule has 0 aliphatic carbocycles. The number of para-hydroxylation sites is 2. The molecule has 31 heteroatoms. The van der Waals surface area contributed by atoms with E-state index in [4.69, 9.17) is 23.2 Å². The third-order valence-electron chi connectivity index (χ3n) is 25.0. The molecule has 0 saturated carbocycles. The van der Waals surface area contributed by atoms with Crippen LogP contribution in [0.5, 0.6) is 0 Å². The molecule has 4 amide bonds. The number of halogens is 2. The lowest BCUT2D eigenvalue weighted by atomic mass is 9.75. The van der Waals surface area contributed by atoms with Crippen LogP contribution in [0.3, 0.4) is 0 Å². The number of hydrogen-bond acceptors (Lipinski definition) is 21. The molecule has 18 rings (SSSR count). The topological polar surface area (TPSA) is 243 Å². The molecular weight excluding hydrogens is 1700 g/mol. The third kappa shape index (κ3) is 30.6. The number of rotatable bonds is 11. The van der Waals surface area contributed by atoms with Gasteiger partial charge >= 0.3 is 11.4 Å². The predicted molar refractivity (Wildman–Crippen MR) is 535 cm³/mol. The smallest absolute Gasteiger partial charge is 0.350 e. The first kappa shape index (κ1) is 104. The van der Waals surface area contributed by atoms with Crippen molar-refractivity contribution in [1.29, 1.82) is 0 Å². The van der Waals surface area contributed by atoms with E-state index in [1.807, 2.05) is 92.7 Å². The SMILES string of the molecule is CCC1C(C)C(C)C(C)CN1C.CCc1cccc(CC)c1N1CCN(C)CC1.CN1C(=O)CCCC1=O.CN1C(=O)c2ccccc2C1=O.CN1CCN(c2ncccn2)CC1.CNc1ccccc1.Cc1ccc(N2CCN(C)CC2)cc1.Cn1c[n+](C)cn1.Cn1ncn(-c2ccc(Cl)cc2)c1=O.Cn1ncn(-c2ccc(N3CCN(c4ccc(Cl)cc4)CC3)cc2)c1=O. The number of piperazine rings is 4. The van der Waals surface area contributed by atoms with E-state index in [1.165, 1.54) is 131 Å². The number of likely N-dealkylation sites (tertiary alicyclic amines) is 2. The second-order valence-electron chi connectivity index (χ2n) is 34.4. The van der Waals surface area contributed by atoms with Crippen molar-refractivity contribution in [3.8, 4) is 11.4 Å². The van der Waals surface area contributed by atoms with Gasteiger partial charge in [0.25, 0.3) is 18.1 Å². The van der Waals surface area contributed by atoms with Gasteiger partial charge in [-0.3, -0.25) is 29.0 Å². The predicted octanol–water partition coefficient (Wildman–Crippen LogP) is 13.0. The third-order valence-corrected chi connectivity index (χ3v) is 25.5. The average molecular weight is 1840 g/mol. The zero-order chi connectivity index (χ0) is 95.5. The number of fused-ring (bicyclic) bond motifs is 1. The first-order chi connectivity index (χ1) is 63.4. The molecule has 708 valence electrons. The van der Waals surface area contributed by atoms with Gasteiger partial charge in [-0.25, -0.2) is 42.6 Å². The molecule has 0 spiro atoms.